The van der Waals surface area contributed by atoms with E-state index in [0.29, 0.717) is 52.7 Å². The second-order valence-corrected chi connectivity index (χ2v) is 13.2. The first kappa shape index (κ1) is 34.8. The predicted octanol–water partition coefficient (Wildman–Crippen LogP) is 3.88. The normalized spacial score (nSPS) is 12.7. The van der Waals surface area contributed by atoms with Gasteiger partial charge in [-0.3, -0.25) is 14.5 Å². The molecule has 0 aromatic heterocycles. The summed E-state index contributed by atoms with van der Waals surface area (Å²) in [6, 6.07) is 0. The molecular formula is C28H57N3O5. The highest BCUT2D eigenvalue weighted by Crippen LogP contribution is 2.18. The highest BCUT2D eigenvalue weighted by atomic mass is 16.5. The Hall–Kier alpha value is -1.22. The number of carbonyl (C=O) groups excluding carboxylic acids is 2. The molecule has 2 amide bonds. The Labute approximate surface area is 221 Å². The Morgan fingerprint density at radius 1 is 0.556 bits per heavy atom. The van der Waals surface area contributed by atoms with E-state index in [1.54, 1.807) is 0 Å². The third kappa shape index (κ3) is 25.9. The summed E-state index contributed by atoms with van der Waals surface area (Å²) in [4.78, 5) is 26.7. The van der Waals surface area contributed by atoms with Crippen LogP contribution in [0.25, 0.3) is 0 Å². The Balaban J connectivity index is 4.27. The van der Waals surface area contributed by atoms with E-state index in [9.17, 15) is 9.59 Å². The maximum atomic E-state index is 12.4. The molecule has 0 aromatic rings. The Morgan fingerprint density at radius 2 is 0.917 bits per heavy atom. The SMILES string of the molecule is CC(C)(C)CCNC(=O)CN(CCOCCOCCOCCC(C)(C)C)CC(=O)NCCC(C)(C)C. The second kappa shape index (κ2) is 18.1. The lowest BCUT2D eigenvalue weighted by molar-refractivity contribution is -0.125. The topological polar surface area (TPSA) is 89.1 Å². The number of ether oxygens (including phenoxy) is 3. The minimum Gasteiger partial charge on any atom is -0.379 e. The van der Waals surface area contributed by atoms with E-state index in [1.165, 1.54) is 0 Å². The molecule has 0 atom stereocenters. The zero-order valence-electron chi connectivity index (χ0n) is 24.9. The summed E-state index contributed by atoms with van der Waals surface area (Å²) in [5, 5.41) is 5.94. The molecule has 0 aliphatic carbocycles. The van der Waals surface area contributed by atoms with Crippen molar-refractivity contribution in [1.82, 2.24) is 15.5 Å². The highest BCUT2D eigenvalue weighted by Gasteiger charge is 2.17. The molecule has 0 saturated heterocycles. The summed E-state index contributed by atoms with van der Waals surface area (Å²) in [5.41, 5.74) is 0.603. The quantitative estimate of drug-likeness (QED) is 0.254. The minimum absolute atomic E-state index is 0.0727. The zero-order chi connectivity index (χ0) is 27.7. The molecule has 2 N–H and O–H groups in total. The van der Waals surface area contributed by atoms with E-state index >= 15 is 0 Å². The van der Waals surface area contributed by atoms with Gasteiger partial charge in [-0.2, -0.15) is 0 Å². The summed E-state index contributed by atoms with van der Waals surface area (Å²) in [6.45, 7) is 24.8. The van der Waals surface area contributed by atoms with Gasteiger partial charge in [0, 0.05) is 26.2 Å². The van der Waals surface area contributed by atoms with Gasteiger partial charge < -0.3 is 24.8 Å². The Kier molecular flexibility index (Phi) is 17.5. The molecule has 0 aliphatic heterocycles. The molecule has 0 unspecified atom stereocenters. The number of nitrogens with zero attached hydrogens (tertiary/aromatic N) is 1. The van der Waals surface area contributed by atoms with E-state index < -0.39 is 0 Å². The second-order valence-electron chi connectivity index (χ2n) is 13.2. The molecule has 0 aliphatic rings. The van der Waals surface area contributed by atoms with Crippen LogP contribution in [0.15, 0.2) is 0 Å². The fourth-order valence-corrected chi connectivity index (χ4v) is 3.00. The average molecular weight is 516 g/mol. The van der Waals surface area contributed by atoms with Gasteiger partial charge in [0.25, 0.3) is 0 Å². The van der Waals surface area contributed by atoms with Crippen molar-refractivity contribution in [2.24, 2.45) is 16.2 Å². The number of nitrogens with one attached hydrogen (secondary N) is 2. The van der Waals surface area contributed by atoms with E-state index in [0.717, 1.165) is 25.9 Å². The number of carbonyl (C=O) groups is 2. The van der Waals surface area contributed by atoms with Gasteiger partial charge in [-0.15, -0.1) is 0 Å². The summed E-state index contributed by atoms with van der Waals surface area (Å²) >= 11 is 0. The Bertz CT molecular complexity index is 557. The van der Waals surface area contributed by atoms with Gasteiger partial charge in [0.05, 0.1) is 46.1 Å². The molecule has 0 rings (SSSR count). The molecule has 0 spiro atoms. The van der Waals surface area contributed by atoms with Gasteiger partial charge in [0.2, 0.25) is 11.8 Å². The van der Waals surface area contributed by atoms with Gasteiger partial charge in [-0.05, 0) is 35.5 Å². The molecule has 36 heavy (non-hydrogen) atoms. The molecule has 0 heterocycles. The third-order valence-electron chi connectivity index (χ3n) is 5.42. The van der Waals surface area contributed by atoms with Gasteiger partial charge in [-0.25, -0.2) is 0 Å². The van der Waals surface area contributed by atoms with Crippen molar-refractivity contribution >= 4 is 11.8 Å². The molecule has 0 radical (unpaired) electrons. The number of hydrogen-bond acceptors (Lipinski definition) is 6. The van der Waals surface area contributed by atoms with Crippen molar-refractivity contribution < 1.29 is 23.8 Å². The number of amides is 2. The molecule has 8 nitrogen and oxygen atoms in total. The first-order valence-electron chi connectivity index (χ1n) is 13.6. The van der Waals surface area contributed by atoms with Crippen LogP contribution in [0.2, 0.25) is 0 Å². The molecule has 214 valence electrons. The lowest BCUT2D eigenvalue weighted by atomic mass is 9.92. The van der Waals surface area contributed by atoms with Crippen molar-refractivity contribution in [2.75, 3.05) is 72.4 Å². The van der Waals surface area contributed by atoms with Crippen LogP contribution in [-0.2, 0) is 23.8 Å². The first-order valence-corrected chi connectivity index (χ1v) is 13.6. The van der Waals surface area contributed by atoms with Crippen molar-refractivity contribution in [2.45, 2.75) is 81.6 Å². The van der Waals surface area contributed by atoms with E-state index in [-0.39, 0.29) is 41.1 Å². The molecule has 0 saturated carbocycles. The van der Waals surface area contributed by atoms with Gasteiger partial charge in [0.1, 0.15) is 0 Å². The summed E-state index contributed by atoms with van der Waals surface area (Å²) < 4.78 is 16.8. The summed E-state index contributed by atoms with van der Waals surface area (Å²) in [5.74, 6) is -0.145. The van der Waals surface area contributed by atoms with E-state index in [2.05, 4.69) is 72.9 Å². The van der Waals surface area contributed by atoms with Crippen LogP contribution in [-0.4, -0.2) is 89.1 Å². The largest absolute Gasteiger partial charge is 0.379 e. The van der Waals surface area contributed by atoms with Crippen molar-refractivity contribution in [3.63, 3.8) is 0 Å². The van der Waals surface area contributed by atoms with Crippen LogP contribution in [0.4, 0.5) is 0 Å². The zero-order valence-corrected chi connectivity index (χ0v) is 24.9. The van der Waals surface area contributed by atoms with Crippen LogP contribution < -0.4 is 10.6 Å². The highest BCUT2D eigenvalue weighted by molar-refractivity contribution is 5.81. The molecule has 8 heteroatoms. The molecular weight excluding hydrogens is 458 g/mol. The fourth-order valence-electron chi connectivity index (χ4n) is 3.00. The number of rotatable bonds is 19. The maximum absolute atomic E-state index is 12.4. The van der Waals surface area contributed by atoms with Crippen LogP contribution in [0.3, 0.4) is 0 Å². The van der Waals surface area contributed by atoms with Crippen LogP contribution in [0.5, 0.6) is 0 Å². The van der Waals surface area contributed by atoms with Gasteiger partial charge in [-0.1, -0.05) is 62.3 Å². The molecule has 0 aromatic carbocycles. The monoisotopic (exact) mass is 515 g/mol. The van der Waals surface area contributed by atoms with Gasteiger partial charge in [0.15, 0.2) is 0 Å². The summed E-state index contributed by atoms with van der Waals surface area (Å²) in [6.07, 6.45) is 2.82. The smallest absolute Gasteiger partial charge is 0.234 e. The standard InChI is InChI=1S/C28H57N3O5/c1-26(2,3)10-13-29-24(32)22-31(23-25(33)30-14-11-27(4,5)6)15-17-35-19-21-36-20-18-34-16-12-28(7,8)9/h10-23H2,1-9H3,(H,29,32)(H,30,33). The third-order valence-corrected chi connectivity index (χ3v) is 5.42. The van der Waals surface area contributed by atoms with Crippen molar-refractivity contribution in [3.8, 4) is 0 Å². The average Bonchev–Trinajstić information content (AvgIpc) is 2.69. The van der Waals surface area contributed by atoms with Crippen LogP contribution >= 0.6 is 0 Å². The Morgan fingerprint density at radius 3 is 1.31 bits per heavy atom. The van der Waals surface area contributed by atoms with Crippen LogP contribution in [0, 0.1) is 16.2 Å². The van der Waals surface area contributed by atoms with E-state index in [1.807, 2.05) is 4.90 Å². The predicted molar refractivity (Wildman–Crippen MR) is 147 cm³/mol. The minimum atomic E-state index is -0.0727. The maximum Gasteiger partial charge on any atom is 0.234 e. The summed E-state index contributed by atoms with van der Waals surface area (Å²) in [7, 11) is 0. The van der Waals surface area contributed by atoms with Crippen molar-refractivity contribution in [1.29, 1.82) is 0 Å². The van der Waals surface area contributed by atoms with Crippen LogP contribution in [0.1, 0.15) is 81.6 Å². The van der Waals surface area contributed by atoms with Gasteiger partial charge >= 0.3 is 0 Å². The lowest BCUT2D eigenvalue weighted by Gasteiger charge is -2.23. The molecule has 0 bridgehead atoms. The number of hydrogen-bond donors (Lipinski definition) is 2. The fraction of sp³-hybridized carbons (Fsp3) is 0.929. The first-order chi connectivity index (χ1) is 16.6. The van der Waals surface area contributed by atoms with E-state index in [4.69, 9.17) is 14.2 Å². The van der Waals surface area contributed by atoms with Crippen molar-refractivity contribution in [3.05, 3.63) is 0 Å². The lowest BCUT2D eigenvalue weighted by Crippen LogP contribution is -2.45. The molecule has 0 fully saturated rings.